The molecule has 0 spiro atoms. The molecule has 4 aliphatic rings. The van der Waals surface area contributed by atoms with Gasteiger partial charge in [0.05, 0.1) is 0 Å². The van der Waals surface area contributed by atoms with Gasteiger partial charge in [-0.3, -0.25) is 9.59 Å². The van der Waals surface area contributed by atoms with E-state index >= 15 is 0 Å². The lowest BCUT2D eigenvalue weighted by Gasteiger charge is -2.55. The quantitative estimate of drug-likeness (QED) is 0.717. The average molecular weight is 328 g/mol. The van der Waals surface area contributed by atoms with Gasteiger partial charge in [0.25, 0.3) is 0 Å². The zero-order chi connectivity index (χ0) is 17.1. The van der Waals surface area contributed by atoms with Crippen molar-refractivity contribution in [2.45, 2.75) is 72.1 Å². The van der Waals surface area contributed by atoms with Gasteiger partial charge in [0.1, 0.15) is 5.78 Å². The van der Waals surface area contributed by atoms with Gasteiger partial charge in [-0.2, -0.15) is 0 Å². The van der Waals surface area contributed by atoms with Crippen molar-refractivity contribution in [2.24, 2.45) is 40.9 Å². The number of carbonyl (C=O) groups excluding carboxylic acids is 2. The van der Waals surface area contributed by atoms with Crippen LogP contribution in [0.4, 0.5) is 0 Å². The van der Waals surface area contributed by atoms with E-state index in [2.05, 4.69) is 13.8 Å². The van der Waals surface area contributed by atoms with Gasteiger partial charge in [0.15, 0.2) is 5.78 Å². The van der Waals surface area contributed by atoms with Crippen LogP contribution in [0, 0.1) is 40.9 Å². The Kier molecular flexibility index (Phi) is 4.01. The number of fused-ring (bicyclic) bond motifs is 5. The first kappa shape index (κ1) is 16.5. The summed E-state index contributed by atoms with van der Waals surface area (Å²) in [5, 5.41) is 0. The van der Waals surface area contributed by atoms with Crippen molar-refractivity contribution in [2.75, 3.05) is 0 Å². The van der Waals surface area contributed by atoms with Gasteiger partial charge in [-0.15, -0.1) is 0 Å². The summed E-state index contributed by atoms with van der Waals surface area (Å²) in [6, 6.07) is 0. The summed E-state index contributed by atoms with van der Waals surface area (Å²) in [7, 11) is 0. The number of carbonyl (C=O) groups is 2. The van der Waals surface area contributed by atoms with Crippen LogP contribution in [0.25, 0.3) is 0 Å². The van der Waals surface area contributed by atoms with Gasteiger partial charge >= 0.3 is 0 Å². The molecule has 4 rings (SSSR count). The Morgan fingerprint density at radius 3 is 2.71 bits per heavy atom. The van der Waals surface area contributed by atoms with Crippen LogP contribution >= 0.6 is 0 Å². The zero-order valence-electron chi connectivity index (χ0n) is 15.5. The molecular formula is C22H32O2. The van der Waals surface area contributed by atoms with E-state index in [4.69, 9.17) is 0 Å². The number of Topliss-reactive ketones (excluding diaryl/α,β-unsaturated/α-hetero) is 1. The standard InChI is InChI=1S/C22H32O2/c1-4-14-11-16(24)12-15-5-6-17-18(21(14)15)9-10-22(3)19(13(2)23)7-8-20(17)22/h12,14,17-21H,4-11H2,1-3H3/t14?,17-,18+,19-,20+,21+,22-/m1/s1. The third kappa shape index (κ3) is 2.28. The molecule has 24 heavy (non-hydrogen) atoms. The van der Waals surface area contributed by atoms with Crippen LogP contribution in [0.3, 0.4) is 0 Å². The highest BCUT2D eigenvalue weighted by molar-refractivity contribution is 5.91. The molecule has 0 bridgehead atoms. The molecule has 0 radical (unpaired) electrons. The van der Waals surface area contributed by atoms with Crippen LogP contribution in [0.5, 0.6) is 0 Å². The van der Waals surface area contributed by atoms with Crippen LogP contribution in [-0.4, -0.2) is 11.6 Å². The van der Waals surface area contributed by atoms with Gasteiger partial charge in [0, 0.05) is 12.3 Å². The molecule has 2 heteroatoms. The van der Waals surface area contributed by atoms with Crippen LogP contribution in [0.2, 0.25) is 0 Å². The van der Waals surface area contributed by atoms with Crippen molar-refractivity contribution < 1.29 is 9.59 Å². The minimum atomic E-state index is 0.250. The van der Waals surface area contributed by atoms with E-state index in [0.717, 1.165) is 43.4 Å². The second kappa shape index (κ2) is 5.81. The van der Waals surface area contributed by atoms with Crippen molar-refractivity contribution in [3.63, 3.8) is 0 Å². The van der Waals surface area contributed by atoms with Crippen molar-refractivity contribution in [3.8, 4) is 0 Å². The molecule has 0 heterocycles. The molecule has 0 amide bonds. The van der Waals surface area contributed by atoms with Crippen LogP contribution in [0.15, 0.2) is 11.6 Å². The summed E-state index contributed by atoms with van der Waals surface area (Å²) in [4.78, 5) is 24.3. The molecule has 132 valence electrons. The fourth-order valence-corrected chi connectivity index (χ4v) is 7.49. The summed E-state index contributed by atoms with van der Waals surface area (Å²) >= 11 is 0. The molecule has 7 atom stereocenters. The first-order valence-electron chi connectivity index (χ1n) is 10.2. The zero-order valence-corrected chi connectivity index (χ0v) is 15.5. The van der Waals surface area contributed by atoms with Crippen LogP contribution in [-0.2, 0) is 9.59 Å². The van der Waals surface area contributed by atoms with Gasteiger partial charge in [-0.25, -0.2) is 0 Å². The lowest BCUT2D eigenvalue weighted by molar-refractivity contribution is -0.127. The lowest BCUT2D eigenvalue weighted by atomic mass is 9.49. The van der Waals surface area contributed by atoms with Gasteiger partial charge in [-0.1, -0.05) is 25.8 Å². The molecule has 0 aliphatic heterocycles. The van der Waals surface area contributed by atoms with E-state index in [1.165, 1.54) is 31.3 Å². The molecule has 0 aromatic rings. The van der Waals surface area contributed by atoms with Crippen LogP contribution < -0.4 is 0 Å². The molecule has 1 unspecified atom stereocenters. The van der Waals surface area contributed by atoms with Crippen molar-refractivity contribution >= 4 is 11.6 Å². The van der Waals surface area contributed by atoms with E-state index in [0.29, 0.717) is 29.3 Å². The first-order chi connectivity index (χ1) is 11.5. The molecule has 4 aliphatic carbocycles. The maximum Gasteiger partial charge on any atom is 0.155 e. The highest BCUT2D eigenvalue weighted by atomic mass is 16.1. The third-order valence-electron chi connectivity index (χ3n) is 8.48. The largest absolute Gasteiger partial charge is 0.300 e. The van der Waals surface area contributed by atoms with Crippen molar-refractivity contribution in [1.29, 1.82) is 0 Å². The first-order valence-corrected chi connectivity index (χ1v) is 10.2. The van der Waals surface area contributed by atoms with E-state index < -0.39 is 0 Å². The minimum absolute atomic E-state index is 0.250. The molecule has 0 aromatic heterocycles. The van der Waals surface area contributed by atoms with Gasteiger partial charge < -0.3 is 0 Å². The third-order valence-corrected chi connectivity index (χ3v) is 8.48. The second-order valence-electron chi connectivity index (χ2n) is 9.34. The second-order valence-corrected chi connectivity index (χ2v) is 9.34. The number of ketones is 2. The average Bonchev–Trinajstić information content (AvgIpc) is 2.90. The van der Waals surface area contributed by atoms with E-state index in [1.54, 1.807) is 0 Å². The summed E-state index contributed by atoms with van der Waals surface area (Å²) < 4.78 is 0. The molecule has 3 fully saturated rings. The molecule has 3 saturated carbocycles. The molecule has 2 nitrogen and oxygen atoms in total. The Labute approximate surface area is 146 Å². The van der Waals surface area contributed by atoms with Crippen LogP contribution in [0.1, 0.15) is 72.1 Å². The Morgan fingerprint density at radius 2 is 2.00 bits per heavy atom. The highest BCUT2D eigenvalue weighted by Crippen LogP contribution is 2.64. The maximum absolute atomic E-state index is 12.2. The Morgan fingerprint density at radius 1 is 1.21 bits per heavy atom. The summed E-state index contributed by atoms with van der Waals surface area (Å²) in [6.07, 6.45) is 11.2. The topological polar surface area (TPSA) is 34.1 Å². The van der Waals surface area contributed by atoms with E-state index in [9.17, 15) is 9.59 Å². The summed E-state index contributed by atoms with van der Waals surface area (Å²) in [5.74, 6) is 4.61. The fourth-order valence-electron chi connectivity index (χ4n) is 7.49. The normalized spacial score (nSPS) is 47.5. The number of hydrogen-bond acceptors (Lipinski definition) is 2. The number of allylic oxidation sites excluding steroid dienone is 1. The monoisotopic (exact) mass is 328 g/mol. The summed E-state index contributed by atoms with van der Waals surface area (Å²) in [6.45, 7) is 6.49. The van der Waals surface area contributed by atoms with Crippen molar-refractivity contribution in [3.05, 3.63) is 11.6 Å². The Hall–Kier alpha value is -0.920. The Balaban J connectivity index is 1.65. The Bertz CT molecular complexity index is 589. The molecule has 0 N–H and O–H groups in total. The lowest BCUT2D eigenvalue weighted by Crippen LogP contribution is -2.48. The van der Waals surface area contributed by atoms with Crippen molar-refractivity contribution in [1.82, 2.24) is 0 Å². The molecular weight excluding hydrogens is 296 g/mol. The fraction of sp³-hybridized carbons (Fsp3) is 0.818. The molecule has 0 aromatic carbocycles. The predicted octanol–water partition coefficient (Wildman–Crippen LogP) is 4.97. The smallest absolute Gasteiger partial charge is 0.155 e. The van der Waals surface area contributed by atoms with Gasteiger partial charge in [0.2, 0.25) is 0 Å². The van der Waals surface area contributed by atoms with E-state index in [1.807, 2.05) is 13.0 Å². The minimum Gasteiger partial charge on any atom is -0.300 e. The number of hydrogen-bond donors (Lipinski definition) is 0. The maximum atomic E-state index is 12.2. The molecule has 0 saturated heterocycles. The number of rotatable bonds is 2. The summed E-state index contributed by atoms with van der Waals surface area (Å²) in [5.41, 5.74) is 1.73. The SMILES string of the molecule is CCC1CC(=O)C=C2CC[C@@H]3[C@H](CC[C@]4(C)[C@@H](C(C)=O)CC[C@@H]34)[C@H]21. The van der Waals surface area contributed by atoms with Gasteiger partial charge in [-0.05, 0) is 86.5 Å². The highest BCUT2D eigenvalue weighted by Gasteiger charge is 2.57. The van der Waals surface area contributed by atoms with E-state index in [-0.39, 0.29) is 5.41 Å². The predicted molar refractivity (Wildman–Crippen MR) is 95.4 cm³/mol.